The number of ether oxygens (including phenoxy) is 1. The van der Waals surface area contributed by atoms with Gasteiger partial charge in [-0.15, -0.1) is 0 Å². The van der Waals surface area contributed by atoms with Gasteiger partial charge in [-0.05, 0) is 80.6 Å². The maximum absolute atomic E-state index is 14.1. The third-order valence-corrected chi connectivity index (χ3v) is 7.68. The second kappa shape index (κ2) is 11.6. The average Bonchev–Trinajstić information content (AvgIpc) is 3.49. The molecule has 0 radical (unpaired) electrons. The molecule has 0 aliphatic carbocycles. The van der Waals surface area contributed by atoms with Crippen LogP contribution in [0.5, 0.6) is 0 Å². The van der Waals surface area contributed by atoms with Crippen molar-refractivity contribution in [3.8, 4) is 0 Å². The minimum absolute atomic E-state index is 0.0719. The van der Waals surface area contributed by atoms with E-state index in [9.17, 15) is 9.59 Å². The summed E-state index contributed by atoms with van der Waals surface area (Å²) in [6.07, 6.45) is 1.16. The number of fused-ring (bicyclic) bond motifs is 1. The normalized spacial score (nSPS) is 15.3. The lowest BCUT2D eigenvalue weighted by Gasteiger charge is -2.27. The van der Waals surface area contributed by atoms with E-state index in [1.807, 2.05) is 73.6 Å². The van der Waals surface area contributed by atoms with E-state index in [0.29, 0.717) is 19.6 Å². The van der Waals surface area contributed by atoms with Gasteiger partial charge in [0, 0.05) is 31.2 Å². The Kier molecular flexibility index (Phi) is 8.03. The Morgan fingerprint density at radius 1 is 1.02 bits per heavy atom. The summed E-state index contributed by atoms with van der Waals surface area (Å²) in [4.78, 5) is 35.9. The van der Waals surface area contributed by atoms with Crippen LogP contribution in [0, 0.1) is 20.8 Å². The van der Waals surface area contributed by atoms with Crippen molar-refractivity contribution >= 4 is 34.2 Å². The van der Waals surface area contributed by atoms with Crippen molar-refractivity contribution in [3.63, 3.8) is 0 Å². The molecule has 0 bridgehead atoms. The smallest absolute Gasteiger partial charge is 0.248 e. The first-order valence-corrected chi connectivity index (χ1v) is 14.1. The Hall–Kier alpha value is -3.97. The van der Waals surface area contributed by atoms with Crippen molar-refractivity contribution < 1.29 is 14.3 Å². The number of aryl methyl sites for hydroxylation is 4. The number of rotatable bonds is 9. The van der Waals surface area contributed by atoms with Crippen LogP contribution >= 0.6 is 0 Å². The maximum Gasteiger partial charge on any atom is 0.248 e. The Morgan fingerprint density at radius 3 is 2.50 bits per heavy atom. The van der Waals surface area contributed by atoms with Crippen LogP contribution in [0.15, 0.2) is 60.7 Å². The fraction of sp³-hybridized carbons (Fsp3) is 0.364. The molecule has 0 N–H and O–H groups in total. The van der Waals surface area contributed by atoms with E-state index >= 15 is 0 Å². The first-order valence-electron chi connectivity index (χ1n) is 14.1. The zero-order valence-corrected chi connectivity index (χ0v) is 24.1. The van der Waals surface area contributed by atoms with Gasteiger partial charge in [0.25, 0.3) is 0 Å². The molecule has 0 saturated carbocycles. The van der Waals surface area contributed by atoms with E-state index in [-0.39, 0.29) is 31.0 Å². The van der Waals surface area contributed by atoms with Crippen LogP contribution in [0.25, 0.3) is 11.0 Å². The third kappa shape index (κ3) is 5.39. The van der Waals surface area contributed by atoms with Crippen LogP contribution in [-0.4, -0.2) is 41.2 Å². The van der Waals surface area contributed by atoms with Gasteiger partial charge in [-0.1, -0.05) is 43.3 Å². The lowest BCUT2D eigenvalue weighted by Crippen LogP contribution is -2.37. The van der Waals surface area contributed by atoms with Gasteiger partial charge in [0.1, 0.15) is 19.1 Å². The van der Waals surface area contributed by atoms with Crippen LogP contribution in [-0.2, 0) is 27.3 Å². The van der Waals surface area contributed by atoms with Crippen molar-refractivity contribution in [3.05, 3.63) is 88.7 Å². The van der Waals surface area contributed by atoms with E-state index in [0.717, 1.165) is 56.9 Å². The Morgan fingerprint density at radius 2 is 1.77 bits per heavy atom. The first kappa shape index (κ1) is 27.6. The number of para-hydroxylation sites is 3. The number of imidazole rings is 1. The van der Waals surface area contributed by atoms with Crippen LogP contribution < -0.4 is 9.80 Å². The molecule has 0 spiro atoms. The van der Waals surface area contributed by atoms with Crippen molar-refractivity contribution in [2.75, 3.05) is 29.7 Å². The van der Waals surface area contributed by atoms with E-state index in [1.165, 1.54) is 0 Å². The highest BCUT2D eigenvalue weighted by Gasteiger charge is 2.35. The quantitative estimate of drug-likeness (QED) is 0.243. The number of nitrogens with zero attached hydrogens (tertiary/aromatic N) is 4. The Labute approximate surface area is 236 Å². The number of amides is 2. The molecule has 40 heavy (non-hydrogen) atoms. The first-order chi connectivity index (χ1) is 19.3. The fourth-order valence-electron chi connectivity index (χ4n) is 5.86. The summed E-state index contributed by atoms with van der Waals surface area (Å²) in [5, 5.41) is 0. The molecule has 5 rings (SSSR count). The summed E-state index contributed by atoms with van der Waals surface area (Å²) in [5.41, 5.74) is 7.93. The zero-order chi connectivity index (χ0) is 28.4. The minimum Gasteiger partial charge on any atom is -0.361 e. The molecule has 7 heteroatoms. The predicted molar refractivity (Wildman–Crippen MR) is 160 cm³/mol. The molecule has 1 aliphatic rings. The SMILES string of the molecule is CCOCN(C(=O)Cn1c(C2CC(=O)N(c3cc(C)cc(C)c3)C2)nc2ccccc21)c1c(C)cccc1CC. The topological polar surface area (TPSA) is 67.7 Å². The summed E-state index contributed by atoms with van der Waals surface area (Å²) in [6.45, 7) is 11.5. The summed E-state index contributed by atoms with van der Waals surface area (Å²) < 4.78 is 7.79. The van der Waals surface area contributed by atoms with Gasteiger partial charge < -0.3 is 14.2 Å². The molecule has 1 unspecified atom stereocenters. The molecule has 1 saturated heterocycles. The summed E-state index contributed by atoms with van der Waals surface area (Å²) in [6, 6.07) is 20.2. The van der Waals surface area contributed by atoms with E-state index in [2.05, 4.69) is 31.2 Å². The molecule has 2 amide bonds. The molecule has 1 aliphatic heterocycles. The summed E-state index contributed by atoms with van der Waals surface area (Å²) in [7, 11) is 0. The molecular formula is C33H38N4O3. The maximum atomic E-state index is 14.1. The Balaban J connectivity index is 1.51. The van der Waals surface area contributed by atoms with Crippen LogP contribution in [0.3, 0.4) is 0 Å². The van der Waals surface area contributed by atoms with Crippen molar-refractivity contribution in [2.24, 2.45) is 0 Å². The minimum atomic E-state index is -0.126. The molecule has 1 fully saturated rings. The van der Waals surface area contributed by atoms with Gasteiger partial charge in [-0.25, -0.2) is 4.98 Å². The van der Waals surface area contributed by atoms with Crippen LogP contribution in [0.2, 0.25) is 0 Å². The largest absolute Gasteiger partial charge is 0.361 e. The summed E-state index contributed by atoms with van der Waals surface area (Å²) in [5.74, 6) is 0.646. The number of benzene rings is 3. The lowest BCUT2D eigenvalue weighted by atomic mass is 10.0. The van der Waals surface area contributed by atoms with E-state index < -0.39 is 0 Å². The highest BCUT2D eigenvalue weighted by Crippen LogP contribution is 2.34. The van der Waals surface area contributed by atoms with Crippen LogP contribution in [0.1, 0.15) is 54.3 Å². The molecule has 3 aromatic carbocycles. The van der Waals surface area contributed by atoms with Gasteiger partial charge in [-0.3, -0.25) is 14.5 Å². The molecular weight excluding hydrogens is 500 g/mol. The van der Waals surface area contributed by atoms with Gasteiger partial charge in [0.2, 0.25) is 11.8 Å². The number of hydrogen-bond acceptors (Lipinski definition) is 4. The second-order valence-corrected chi connectivity index (χ2v) is 10.7. The molecule has 2 heterocycles. The molecule has 1 aromatic heterocycles. The van der Waals surface area contributed by atoms with Gasteiger partial charge in [-0.2, -0.15) is 0 Å². The predicted octanol–water partition coefficient (Wildman–Crippen LogP) is 6.07. The highest BCUT2D eigenvalue weighted by atomic mass is 16.5. The number of carbonyl (C=O) groups excluding carboxylic acids is 2. The van der Waals surface area contributed by atoms with Gasteiger partial charge in [0.15, 0.2) is 0 Å². The number of aromatic nitrogens is 2. The summed E-state index contributed by atoms with van der Waals surface area (Å²) >= 11 is 0. The molecule has 4 aromatic rings. The lowest BCUT2D eigenvalue weighted by molar-refractivity contribution is -0.120. The number of hydrogen-bond donors (Lipinski definition) is 0. The second-order valence-electron chi connectivity index (χ2n) is 10.7. The van der Waals surface area contributed by atoms with Gasteiger partial charge >= 0.3 is 0 Å². The van der Waals surface area contributed by atoms with Crippen LogP contribution in [0.4, 0.5) is 11.4 Å². The van der Waals surface area contributed by atoms with Crippen molar-refractivity contribution in [2.45, 2.75) is 59.9 Å². The number of anilines is 2. The van der Waals surface area contributed by atoms with Gasteiger partial charge in [0.05, 0.1) is 16.7 Å². The highest BCUT2D eigenvalue weighted by molar-refractivity contribution is 5.97. The average molecular weight is 539 g/mol. The van der Waals surface area contributed by atoms with E-state index in [1.54, 1.807) is 4.90 Å². The van der Waals surface area contributed by atoms with Crippen molar-refractivity contribution in [1.82, 2.24) is 9.55 Å². The van der Waals surface area contributed by atoms with Crippen molar-refractivity contribution in [1.29, 1.82) is 0 Å². The standard InChI is InChI=1S/C33H38N4O3/c1-6-25-12-10-11-24(5)32(25)37(21-40-7-2)31(39)20-36-29-14-9-8-13-28(29)34-33(36)26-18-30(38)35(19-26)27-16-22(3)15-23(4)17-27/h8-17,26H,6-7,18-21H2,1-5H3. The fourth-order valence-corrected chi connectivity index (χ4v) is 5.86. The third-order valence-electron chi connectivity index (χ3n) is 7.68. The Bertz CT molecular complexity index is 1540. The number of carbonyl (C=O) groups is 2. The zero-order valence-electron chi connectivity index (χ0n) is 24.1. The molecule has 1 atom stereocenters. The van der Waals surface area contributed by atoms with E-state index in [4.69, 9.17) is 9.72 Å². The molecule has 7 nitrogen and oxygen atoms in total. The monoisotopic (exact) mass is 538 g/mol. The molecule has 208 valence electrons.